The number of nitrogens with zero attached hydrogens (tertiary/aromatic N) is 3. The summed E-state index contributed by atoms with van der Waals surface area (Å²) in [6, 6.07) is 20.9. The fourth-order valence-corrected chi connectivity index (χ4v) is 3.67. The third-order valence-electron chi connectivity index (χ3n) is 5.21. The molecule has 0 saturated carbocycles. The Hall–Kier alpha value is -3.73. The van der Waals surface area contributed by atoms with Gasteiger partial charge in [-0.25, -0.2) is 0 Å². The molecule has 4 rings (SSSR count). The first-order valence-corrected chi connectivity index (χ1v) is 9.38. The number of benzene rings is 1. The van der Waals surface area contributed by atoms with Gasteiger partial charge >= 0.3 is 5.97 Å². The summed E-state index contributed by atoms with van der Waals surface area (Å²) in [5.41, 5.74) is 5.79. The Morgan fingerprint density at radius 1 is 0.931 bits per heavy atom. The maximum absolute atomic E-state index is 12.3. The van der Waals surface area contributed by atoms with Gasteiger partial charge in [0.1, 0.15) is 5.92 Å². The van der Waals surface area contributed by atoms with E-state index in [1.54, 1.807) is 24.5 Å². The molecule has 0 amide bonds. The Balaban J connectivity index is 2.03. The molecule has 1 aromatic carbocycles. The van der Waals surface area contributed by atoms with Crippen LogP contribution in [-0.2, 0) is 11.8 Å². The second-order valence-corrected chi connectivity index (χ2v) is 6.93. The molecule has 0 aliphatic heterocycles. The van der Waals surface area contributed by atoms with E-state index in [1.807, 2.05) is 56.4 Å². The molecule has 0 fully saturated rings. The van der Waals surface area contributed by atoms with Crippen molar-refractivity contribution in [1.29, 1.82) is 0 Å². The average Bonchev–Trinajstić information content (AvgIpc) is 3.07. The molecule has 144 valence electrons. The zero-order chi connectivity index (χ0) is 20.4. The topological polar surface area (TPSA) is 68.0 Å². The van der Waals surface area contributed by atoms with E-state index < -0.39 is 11.9 Å². The zero-order valence-electron chi connectivity index (χ0n) is 16.3. The third-order valence-corrected chi connectivity index (χ3v) is 5.21. The van der Waals surface area contributed by atoms with Crippen molar-refractivity contribution in [2.45, 2.75) is 12.8 Å². The van der Waals surface area contributed by atoms with Crippen LogP contribution >= 0.6 is 0 Å². The number of aromatic nitrogens is 3. The highest BCUT2D eigenvalue weighted by Crippen LogP contribution is 2.39. The lowest BCUT2D eigenvalue weighted by molar-refractivity contribution is -0.137. The van der Waals surface area contributed by atoms with Crippen LogP contribution in [0, 0.1) is 6.92 Å². The van der Waals surface area contributed by atoms with Crippen molar-refractivity contribution in [3.63, 3.8) is 0 Å². The summed E-state index contributed by atoms with van der Waals surface area (Å²) < 4.78 is 2.10. The molecule has 0 aliphatic carbocycles. The molecule has 1 N–H and O–H groups in total. The number of rotatable bonds is 5. The van der Waals surface area contributed by atoms with E-state index in [-0.39, 0.29) is 0 Å². The van der Waals surface area contributed by atoms with Crippen LogP contribution in [0.25, 0.3) is 22.5 Å². The molecule has 0 bridgehead atoms. The Labute approximate surface area is 169 Å². The van der Waals surface area contributed by atoms with E-state index in [4.69, 9.17) is 0 Å². The van der Waals surface area contributed by atoms with E-state index >= 15 is 0 Å². The second-order valence-electron chi connectivity index (χ2n) is 6.93. The number of hydrogen-bond donors (Lipinski definition) is 1. The lowest BCUT2D eigenvalue weighted by atomic mass is 9.86. The highest BCUT2D eigenvalue weighted by Gasteiger charge is 2.28. The highest BCUT2D eigenvalue weighted by atomic mass is 16.4. The van der Waals surface area contributed by atoms with E-state index in [0.29, 0.717) is 11.3 Å². The third kappa shape index (κ3) is 3.43. The lowest BCUT2D eigenvalue weighted by Crippen LogP contribution is -2.16. The van der Waals surface area contributed by atoms with Crippen LogP contribution in [0.3, 0.4) is 0 Å². The summed E-state index contributed by atoms with van der Waals surface area (Å²) >= 11 is 0. The Morgan fingerprint density at radius 2 is 1.69 bits per heavy atom. The first-order chi connectivity index (χ1) is 14.1. The first-order valence-electron chi connectivity index (χ1n) is 9.38. The fourth-order valence-electron chi connectivity index (χ4n) is 3.67. The summed E-state index contributed by atoms with van der Waals surface area (Å²) in [6.45, 7) is 2.04. The summed E-state index contributed by atoms with van der Waals surface area (Å²) in [4.78, 5) is 21.2. The molecule has 1 atom stereocenters. The Kier molecular flexibility index (Phi) is 4.96. The lowest BCUT2D eigenvalue weighted by Gasteiger charge is -2.20. The highest BCUT2D eigenvalue weighted by molar-refractivity contribution is 5.89. The number of carboxylic acids is 1. The van der Waals surface area contributed by atoms with Crippen LogP contribution in [0.15, 0.2) is 79.1 Å². The minimum absolute atomic E-state index is 0.498. The average molecular weight is 383 g/mol. The molecule has 5 heteroatoms. The molecule has 0 saturated heterocycles. The van der Waals surface area contributed by atoms with Crippen LogP contribution in [0.2, 0.25) is 0 Å². The molecule has 0 spiro atoms. The second kappa shape index (κ2) is 7.72. The van der Waals surface area contributed by atoms with Crippen molar-refractivity contribution in [3.05, 3.63) is 96.1 Å². The van der Waals surface area contributed by atoms with Crippen molar-refractivity contribution >= 4 is 5.97 Å². The monoisotopic (exact) mass is 383 g/mol. The number of aryl methyl sites for hydroxylation is 1. The molecule has 3 heterocycles. The molecule has 1 unspecified atom stereocenters. The summed E-state index contributed by atoms with van der Waals surface area (Å²) in [5, 5.41) is 10.1. The standard InChI is InChI=1S/C24H21N3O2/c1-16-12-13-21(27(16)2)17-8-7-9-18(22(17)19-10-3-5-14-25-19)23(24(28)29)20-11-4-6-15-26-20/h3-15,23H,1-2H3,(H,28,29). The largest absolute Gasteiger partial charge is 0.480 e. The van der Waals surface area contributed by atoms with Crippen molar-refractivity contribution < 1.29 is 9.90 Å². The van der Waals surface area contributed by atoms with E-state index in [0.717, 1.165) is 28.2 Å². The van der Waals surface area contributed by atoms with Gasteiger partial charge in [-0.15, -0.1) is 0 Å². The van der Waals surface area contributed by atoms with E-state index in [9.17, 15) is 9.90 Å². The minimum Gasteiger partial charge on any atom is -0.480 e. The predicted molar refractivity (Wildman–Crippen MR) is 113 cm³/mol. The van der Waals surface area contributed by atoms with Crippen molar-refractivity contribution in [2.75, 3.05) is 0 Å². The van der Waals surface area contributed by atoms with Gasteiger partial charge in [0.15, 0.2) is 0 Å². The number of hydrogen-bond acceptors (Lipinski definition) is 3. The van der Waals surface area contributed by atoms with Gasteiger partial charge in [0.05, 0.1) is 11.4 Å². The van der Waals surface area contributed by atoms with E-state index in [2.05, 4.69) is 26.7 Å². The molecule has 0 radical (unpaired) electrons. The van der Waals surface area contributed by atoms with Crippen molar-refractivity contribution in [1.82, 2.24) is 14.5 Å². The fraction of sp³-hybridized carbons (Fsp3) is 0.125. The normalized spacial score (nSPS) is 11.9. The van der Waals surface area contributed by atoms with Crippen molar-refractivity contribution in [2.24, 2.45) is 7.05 Å². The van der Waals surface area contributed by atoms with Crippen LogP contribution in [0.5, 0.6) is 0 Å². The van der Waals surface area contributed by atoms with Gasteiger partial charge in [0.2, 0.25) is 0 Å². The number of pyridine rings is 2. The molecular formula is C24H21N3O2. The van der Waals surface area contributed by atoms with Gasteiger partial charge in [-0.3, -0.25) is 14.8 Å². The van der Waals surface area contributed by atoms with Crippen LogP contribution in [-0.4, -0.2) is 25.6 Å². The van der Waals surface area contributed by atoms with E-state index in [1.165, 1.54) is 0 Å². The smallest absolute Gasteiger partial charge is 0.317 e. The molecule has 29 heavy (non-hydrogen) atoms. The number of carboxylic acid groups (broad SMARTS) is 1. The van der Waals surface area contributed by atoms with Gasteiger partial charge in [-0.05, 0) is 48.9 Å². The predicted octanol–water partition coefficient (Wildman–Crippen LogP) is 4.67. The summed E-state index contributed by atoms with van der Waals surface area (Å²) in [5.74, 6) is -1.84. The number of aliphatic carboxylic acids is 1. The Morgan fingerprint density at radius 3 is 2.28 bits per heavy atom. The molecule has 4 aromatic rings. The Bertz CT molecular complexity index is 1150. The number of carbonyl (C=O) groups is 1. The first kappa shape index (κ1) is 18.6. The van der Waals surface area contributed by atoms with Gasteiger partial charge in [0.25, 0.3) is 0 Å². The SMILES string of the molecule is Cc1ccc(-c2cccc(C(C(=O)O)c3ccccn3)c2-c2ccccn2)n1C. The van der Waals surface area contributed by atoms with Crippen LogP contribution in [0.1, 0.15) is 22.9 Å². The van der Waals surface area contributed by atoms with Gasteiger partial charge in [-0.1, -0.05) is 30.3 Å². The molecule has 5 nitrogen and oxygen atoms in total. The summed E-state index contributed by atoms with van der Waals surface area (Å²) in [6.07, 6.45) is 3.35. The van der Waals surface area contributed by atoms with Crippen LogP contribution in [0.4, 0.5) is 0 Å². The minimum atomic E-state index is -0.943. The molecule has 3 aromatic heterocycles. The zero-order valence-corrected chi connectivity index (χ0v) is 16.3. The van der Waals surface area contributed by atoms with Crippen LogP contribution < -0.4 is 0 Å². The molecular weight excluding hydrogens is 362 g/mol. The quantitative estimate of drug-likeness (QED) is 0.544. The van der Waals surface area contributed by atoms with Gasteiger partial charge in [-0.2, -0.15) is 0 Å². The maximum Gasteiger partial charge on any atom is 0.317 e. The molecule has 0 aliphatic rings. The van der Waals surface area contributed by atoms with Crippen molar-refractivity contribution in [3.8, 4) is 22.5 Å². The van der Waals surface area contributed by atoms with Gasteiger partial charge < -0.3 is 9.67 Å². The maximum atomic E-state index is 12.3. The van der Waals surface area contributed by atoms with Gasteiger partial charge in [0, 0.05) is 42.0 Å². The summed E-state index contributed by atoms with van der Waals surface area (Å²) in [7, 11) is 2.01.